The molecule has 2 atom stereocenters. The van der Waals surface area contributed by atoms with E-state index in [-0.39, 0.29) is 18.0 Å². The van der Waals surface area contributed by atoms with Crippen LogP contribution < -0.4 is 9.64 Å². The third-order valence-electron chi connectivity index (χ3n) is 8.25. The van der Waals surface area contributed by atoms with Gasteiger partial charge in [-0.1, -0.05) is 11.2 Å². The number of carbonyl (C=O) groups is 1. The van der Waals surface area contributed by atoms with E-state index in [2.05, 4.69) is 9.72 Å². The summed E-state index contributed by atoms with van der Waals surface area (Å²) >= 11 is 0. The number of benzene rings is 2. The van der Waals surface area contributed by atoms with E-state index < -0.39 is 10.0 Å². The number of hydrogen-bond acceptors (Lipinski definition) is 7. The van der Waals surface area contributed by atoms with E-state index in [1.165, 1.54) is 10.6 Å². The van der Waals surface area contributed by atoms with Crippen LogP contribution in [0.4, 0.5) is 5.69 Å². The molecule has 10 nitrogen and oxygen atoms in total. The van der Waals surface area contributed by atoms with Gasteiger partial charge < -0.3 is 18.7 Å². The highest BCUT2D eigenvalue weighted by Gasteiger charge is 2.40. The van der Waals surface area contributed by atoms with E-state index in [9.17, 15) is 13.2 Å². The van der Waals surface area contributed by atoms with Crippen LogP contribution in [0.15, 0.2) is 40.9 Å². The zero-order valence-corrected chi connectivity index (χ0v) is 24.9. The Bertz CT molecular complexity index is 1740. The first-order valence-electron chi connectivity index (χ1n) is 14.0. The van der Waals surface area contributed by atoms with E-state index in [1.807, 2.05) is 69.0 Å². The van der Waals surface area contributed by atoms with Crippen molar-refractivity contribution in [1.29, 1.82) is 0 Å². The highest BCUT2D eigenvalue weighted by molar-refractivity contribution is 7.88. The van der Waals surface area contributed by atoms with Gasteiger partial charge in [0.2, 0.25) is 15.9 Å². The topological polar surface area (TPSA) is 111 Å². The quantitative estimate of drug-likeness (QED) is 0.301. The SMILES string of the molecule is CCOc1ccc(N2C(=O)CC[C@H]2c2nc3cc(-c4c(C)noc4C)ccc3n2[C@@H]2CCN(S(C)(=O)=O)C2)cc1C. The predicted molar refractivity (Wildman–Crippen MR) is 157 cm³/mol. The summed E-state index contributed by atoms with van der Waals surface area (Å²) < 4.78 is 39.7. The first-order chi connectivity index (χ1) is 19.6. The molecule has 0 aliphatic carbocycles. The van der Waals surface area contributed by atoms with Crippen molar-refractivity contribution in [3.8, 4) is 16.9 Å². The summed E-state index contributed by atoms with van der Waals surface area (Å²) in [5.41, 5.74) is 6.16. The molecule has 2 saturated heterocycles. The number of rotatable bonds is 7. The summed E-state index contributed by atoms with van der Waals surface area (Å²) in [5, 5.41) is 4.11. The van der Waals surface area contributed by atoms with Gasteiger partial charge in [0.15, 0.2) is 0 Å². The molecule has 6 rings (SSSR count). The number of fused-ring (bicyclic) bond motifs is 1. The average Bonchev–Trinajstić information content (AvgIpc) is 3.70. The molecule has 1 amide bonds. The summed E-state index contributed by atoms with van der Waals surface area (Å²) in [6.45, 7) is 9.12. The van der Waals surface area contributed by atoms with Gasteiger partial charge in [-0.15, -0.1) is 0 Å². The van der Waals surface area contributed by atoms with Crippen molar-refractivity contribution in [2.75, 3.05) is 30.9 Å². The van der Waals surface area contributed by atoms with Crippen LogP contribution in [0.25, 0.3) is 22.2 Å². The van der Waals surface area contributed by atoms with Crippen LogP contribution >= 0.6 is 0 Å². The van der Waals surface area contributed by atoms with E-state index in [4.69, 9.17) is 14.2 Å². The van der Waals surface area contributed by atoms with E-state index in [0.29, 0.717) is 39.0 Å². The maximum absolute atomic E-state index is 13.3. The Kier molecular flexibility index (Phi) is 6.89. The molecular formula is C30H35N5O5S. The zero-order valence-electron chi connectivity index (χ0n) is 24.0. The summed E-state index contributed by atoms with van der Waals surface area (Å²) in [6, 6.07) is 11.6. The van der Waals surface area contributed by atoms with Crippen molar-refractivity contribution in [3.05, 3.63) is 59.2 Å². The van der Waals surface area contributed by atoms with Crippen LogP contribution in [0, 0.1) is 20.8 Å². The second kappa shape index (κ2) is 10.3. The number of anilines is 1. The van der Waals surface area contributed by atoms with Gasteiger partial charge in [0.25, 0.3) is 0 Å². The van der Waals surface area contributed by atoms with Crippen LogP contribution in [-0.4, -0.2) is 59.3 Å². The molecule has 0 bridgehead atoms. The van der Waals surface area contributed by atoms with Gasteiger partial charge in [-0.3, -0.25) is 4.79 Å². The molecule has 2 aliphatic rings. The van der Waals surface area contributed by atoms with Crippen molar-refractivity contribution >= 4 is 32.7 Å². The molecule has 2 aliphatic heterocycles. The van der Waals surface area contributed by atoms with Crippen LogP contribution in [0.5, 0.6) is 5.75 Å². The molecule has 216 valence electrons. The normalized spacial score (nSPS) is 20.0. The van der Waals surface area contributed by atoms with Gasteiger partial charge in [0, 0.05) is 30.8 Å². The lowest BCUT2D eigenvalue weighted by molar-refractivity contribution is -0.117. The fraction of sp³-hybridized carbons (Fsp3) is 0.433. The Balaban J connectivity index is 1.48. The molecule has 4 aromatic rings. The summed E-state index contributed by atoms with van der Waals surface area (Å²) in [6.07, 6.45) is 2.95. The van der Waals surface area contributed by atoms with Crippen molar-refractivity contribution in [2.45, 2.75) is 59.0 Å². The second-order valence-corrected chi connectivity index (χ2v) is 13.0. The van der Waals surface area contributed by atoms with Crippen LogP contribution in [0.3, 0.4) is 0 Å². The van der Waals surface area contributed by atoms with Gasteiger partial charge in [0.05, 0.1) is 41.7 Å². The number of carbonyl (C=O) groups excluding carboxylic acids is 1. The van der Waals surface area contributed by atoms with Gasteiger partial charge in [-0.2, -0.15) is 0 Å². The highest BCUT2D eigenvalue weighted by Crippen LogP contribution is 2.42. The predicted octanol–water partition coefficient (Wildman–Crippen LogP) is 5.09. The third kappa shape index (κ3) is 4.80. The Morgan fingerprint density at radius 2 is 1.90 bits per heavy atom. The van der Waals surface area contributed by atoms with Gasteiger partial charge in [-0.25, -0.2) is 17.7 Å². The van der Waals surface area contributed by atoms with Gasteiger partial charge in [0.1, 0.15) is 17.3 Å². The first kappa shape index (κ1) is 27.5. The minimum Gasteiger partial charge on any atom is -0.494 e. The maximum atomic E-state index is 13.3. The Hall–Kier alpha value is -3.70. The molecule has 0 spiro atoms. The smallest absolute Gasteiger partial charge is 0.227 e. The lowest BCUT2D eigenvalue weighted by atomic mass is 10.0. The standard InChI is InChI=1S/C30H35N5O5S/c1-6-39-27-11-8-22(15-18(27)2)34-26(10-12-28(34)36)30-31-24-16-21(29-19(3)32-40-20(29)4)7-9-25(24)35(30)23-13-14-33(17-23)41(5,37)38/h7-9,11,15-16,23,26H,6,10,12-14,17H2,1-5H3/t23-,26+/m1/s1. The Morgan fingerprint density at radius 3 is 2.56 bits per heavy atom. The number of hydrogen-bond donors (Lipinski definition) is 0. The summed E-state index contributed by atoms with van der Waals surface area (Å²) in [7, 11) is -3.33. The minimum atomic E-state index is -3.33. The minimum absolute atomic E-state index is 0.0396. The number of imidazole rings is 1. The number of ether oxygens (including phenoxy) is 1. The van der Waals surface area contributed by atoms with Crippen molar-refractivity contribution in [2.24, 2.45) is 0 Å². The lowest BCUT2D eigenvalue weighted by Gasteiger charge is -2.27. The molecular weight excluding hydrogens is 542 g/mol. The number of amides is 1. The van der Waals surface area contributed by atoms with Crippen LogP contribution in [0.2, 0.25) is 0 Å². The summed E-state index contributed by atoms with van der Waals surface area (Å²) in [4.78, 5) is 20.4. The molecule has 11 heteroatoms. The average molecular weight is 578 g/mol. The van der Waals surface area contributed by atoms with Crippen LogP contribution in [-0.2, 0) is 14.8 Å². The molecule has 0 unspecified atom stereocenters. The molecule has 0 saturated carbocycles. The van der Waals surface area contributed by atoms with Gasteiger partial charge >= 0.3 is 0 Å². The second-order valence-electron chi connectivity index (χ2n) is 11.0. The van der Waals surface area contributed by atoms with E-state index in [1.54, 1.807) is 0 Å². The van der Waals surface area contributed by atoms with E-state index >= 15 is 0 Å². The number of aryl methyl sites for hydroxylation is 3. The van der Waals surface area contributed by atoms with E-state index in [0.717, 1.165) is 56.4 Å². The van der Waals surface area contributed by atoms with Gasteiger partial charge in [-0.05, 0) is 82.0 Å². The number of aromatic nitrogens is 3. The molecule has 0 radical (unpaired) electrons. The zero-order chi connectivity index (χ0) is 29.1. The molecule has 4 heterocycles. The molecule has 2 aromatic carbocycles. The van der Waals surface area contributed by atoms with Crippen molar-refractivity contribution in [3.63, 3.8) is 0 Å². The van der Waals surface area contributed by atoms with Crippen molar-refractivity contribution < 1.29 is 22.5 Å². The lowest BCUT2D eigenvalue weighted by Crippen LogP contribution is -2.31. The highest BCUT2D eigenvalue weighted by atomic mass is 32.2. The summed E-state index contributed by atoms with van der Waals surface area (Å²) in [5.74, 6) is 2.34. The molecule has 2 fully saturated rings. The molecule has 41 heavy (non-hydrogen) atoms. The first-order valence-corrected chi connectivity index (χ1v) is 15.9. The number of sulfonamides is 1. The molecule has 2 aromatic heterocycles. The monoisotopic (exact) mass is 577 g/mol. The molecule has 0 N–H and O–H groups in total. The third-order valence-corrected chi connectivity index (χ3v) is 9.52. The number of nitrogens with zero attached hydrogens (tertiary/aromatic N) is 5. The van der Waals surface area contributed by atoms with Crippen LogP contribution in [0.1, 0.15) is 61.1 Å². The fourth-order valence-electron chi connectivity index (χ4n) is 6.36. The Morgan fingerprint density at radius 1 is 1.10 bits per heavy atom. The Labute approximate surface area is 239 Å². The maximum Gasteiger partial charge on any atom is 0.227 e. The fourth-order valence-corrected chi connectivity index (χ4v) is 7.24. The van der Waals surface area contributed by atoms with Crippen molar-refractivity contribution in [1.82, 2.24) is 19.0 Å². The largest absolute Gasteiger partial charge is 0.494 e.